The van der Waals surface area contributed by atoms with Crippen LogP contribution in [0.15, 0.2) is 22.5 Å². The Morgan fingerprint density at radius 3 is 2.73 bits per heavy atom. The van der Waals surface area contributed by atoms with Crippen molar-refractivity contribution in [3.8, 4) is 0 Å². The largest absolute Gasteiger partial charge is 0.466 e. The smallest absolute Gasteiger partial charge is 0.307 e. The Bertz CT molecular complexity index is 890. The van der Waals surface area contributed by atoms with Gasteiger partial charge in [0, 0.05) is 13.0 Å². The summed E-state index contributed by atoms with van der Waals surface area (Å²) in [6.07, 6.45) is 0.372. The number of esters is 1. The van der Waals surface area contributed by atoms with Gasteiger partial charge in [-0.15, -0.1) is 11.3 Å². The Hall–Kier alpha value is -2.00. The molecule has 0 aliphatic carbocycles. The van der Waals surface area contributed by atoms with Gasteiger partial charge < -0.3 is 10.1 Å². The number of carbonyl (C=O) groups is 2. The average Bonchev–Trinajstić information content (AvgIpc) is 3.01. The standard InChI is InChI=1S/C17H22N2O5S2/c1-3-24-15(21)9-10-18-14(20)8-5-11-26(22,23)17-19-16-12(2)6-4-7-13(16)25-17/h4,6-7H,3,5,8-11H2,1-2H3,(H,18,20). The number of carbonyl (C=O) groups excluding carboxylic acids is 2. The zero-order valence-corrected chi connectivity index (χ0v) is 16.4. The SMILES string of the molecule is CCOC(=O)CCNC(=O)CCCS(=O)(=O)c1nc2c(C)cccc2s1. The predicted octanol–water partition coefficient (Wildman–Crippen LogP) is 2.23. The lowest BCUT2D eigenvalue weighted by Gasteiger charge is -2.05. The fourth-order valence-electron chi connectivity index (χ4n) is 2.33. The first-order valence-electron chi connectivity index (χ1n) is 8.34. The number of rotatable bonds is 9. The van der Waals surface area contributed by atoms with Crippen LogP contribution in [0.4, 0.5) is 0 Å². The second kappa shape index (κ2) is 9.09. The number of hydrogen-bond donors (Lipinski definition) is 1. The van der Waals surface area contributed by atoms with Crippen LogP contribution in [0.3, 0.4) is 0 Å². The summed E-state index contributed by atoms with van der Waals surface area (Å²) < 4.78 is 30.5. The molecular weight excluding hydrogens is 376 g/mol. The average molecular weight is 399 g/mol. The second-order valence-corrected chi connectivity index (χ2v) is 9.04. The number of nitrogens with zero attached hydrogens (tertiary/aromatic N) is 1. The van der Waals surface area contributed by atoms with Crippen LogP contribution in [0.2, 0.25) is 0 Å². The van der Waals surface area contributed by atoms with Gasteiger partial charge in [0.2, 0.25) is 20.1 Å². The molecule has 1 heterocycles. The molecule has 0 radical (unpaired) electrons. The van der Waals surface area contributed by atoms with Gasteiger partial charge in [-0.25, -0.2) is 13.4 Å². The minimum atomic E-state index is -3.52. The lowest BCUT2D eigenvalue weighted by Crippen LogP contribution is -2.26. The maximum absolute atomic E-state index is 12.4. The molecule has 0 aliphatic heterocycles. The number of benzene rings is 1. The first-order chi connectivity index (χ1) is 12.3. The van der Waals surface area contributed by atoms with E-state index in [0.29, 0.717) is 12.1 Å². The number of aromatic nitrogens is 1. The molecule has 0 saturated carbocycles. The van der Waals surface area contributed by atoms with Crippen molar-refractivity contribution in [2.75, 3.05) is 18.9 Å². The molecule has 1 aromatic heterocycles. The number of thiazole rings is 1. The molecule has 26 heavy (non-hydrogen) atoms. The van der Waals surface area contributed by atoms with Crippen molar-refractivity contribution in [1.82, 2.24) is 10.3 Å². The topological polar surface area (TPSA) is 102 Å². The summed E-state index contributed by atoms with van der Waals surface area (Å²) >= 11 is 1.15. The molecule has 0 aliphatic rings. The van der Waals surface area contributed by atoms with Crippen molar-refractivity contribution < 1.29 is 22.7 Å². The third-order valence-electron chi connectivity index (χ3n) is 3.64. The molecule has 142 valence electrons. The van der Waals surface area contributed by atoms with Crippen LogP contribution in [0.1, 0.15) is 31.7 Å². The van der Waals surface area contributed by atoms with Crippen LogP contribution < -0.4 is 5.32 Å². The first kappa shape index (κ1) is 20.3. The fraction of sp³-hybridized carbons (Fsp3) is 0.471. The molecule has 0 atom stereocenters. The Labute approximate surface area is 156 Å². The zero-order valence-electron chi connectivity index (χ0n) is 14.8. The Morgan fingerprint density at radius 1 is 1.27 bits per heavy atom. The number of aryl methyl sites for hydroxylation is 1. The van der Waals surface area contributed by atoms with Gasteiger partial charge in [0.05, 0.1) is 29.0 Å². The number of nitrogens with one attached hydrogen (secondary N) is 1. The van der Waals surface area contributed by atoms with E-state index < -0.39 is 9.84 Å². The minimum absolute atomic E-state index is 0.0754. The Kier molecular flexibility index (Phi) is 7.10. The van der Waals surface area contributed by atoms with Crippen molar-refractivity contribution in [1.29, 1.82) is 0 Å². The summed E-state index contributed by atoms with van der Waals surface area (Å²) in [5.74, 6) is -0.803. The normalized spacial score (nSPS) is 11.5. The van der Waals surface area contributed by atoms with Crippen molar-refractivity contribution in [2.24, 2.45) is 0 Å². The number of amides is 1. The van der Waals surface area contributed by atoms with E-state index in [1.165, 1.54) is 0 Å². The van der Waals surface area contributed by atoms with Crippen molar-refractivity contribution in [2.45, 2.75) is 37.4 Å². The van der Waals surface area contributed by atoms with Gasteiger partial charge in [0.25, 0.3) is 0 Å². The Balaban J connectivity index is 1.83. The predicted molar refractivity (Wildman–Crippen MR) is 99.9 cm³/mol. The number of ether oxygens (including phenoxy) is 1. The van der Waals surface area contributed by atoms with Crippen molar-refractivity contribution >= 4 is 43.3 Å². The number of hydrogen-bond acceptors (Lipinski definition) is 7. The fourth-order valence-corrected chi connectivity index (χ4v) is 5.07. The van der Waals surface area contributed by atoms with Crippen molar-refractivity contribution in [3.63, 3.8) is 0 Å². The molecule has 1 aromatic carbocycles. The third kappa shape index (κ3) is 5.50. The summed E-state index contributed by atoms with van der Waals surface area (Å²) in [6.45, 7) is 4.08. The Morgan fingerprint density at radius 2 is 2.04 bits per heavy atom. The summed E-state index contributed by atoms with van der Waals surface area (Å²) in [4.78, 5) is 27.1. The molecule has 0 spiro atoms. The maximum Gasteiger partial charge on any atom is 0.307 e. The van der Waals surface area contributed by atoms with E-state index >= 15 is 0 Å². The quantitative estimate of drug-likeness (QED) is 0.650. The minimum Gasteiger partial charge on any atom is -0.466 e. The highest BCUT2D eigenvalue weighted by Crippen LogP contribution is 2.28. The summed E-state index contributed by atoms with van der Waals surface area (Å²) in [5, 5.41) is 2.58. The van der Waals surface area contributed by atoms with Crippen LogP contribution in [-0.4, -0.2) is 44.2 Å². The molecule has 1 amide bonds. The van der Waals surface area contributed by atoms with Crippen LogP contribution >= 0.6 is 11.3 Å². The molecule has 2 aromatic rings. The molecule has 2 rings (SSSR count). The molecule has 1 N–H and O–H groups in total. The van der Waals surface area contributed by atoms with Gasteiger partial charge in [-0.2, -0.15) is 0 Å². The van der Waals surface area contributed by atoms with E-state index in [0.717, 1.165) is 21.6 Å². The van der Waals surface area contributed by atoms with E-state index in [2.05, 4.69) is 10.3 Å². The maximum atomic E-state index is 12.4. The molecule has 7 nitrogen and oxygen atoms in total. The summed E-state index contributed by atoms with van der Waals surface area (Å²) in [6, 6.07) is 5.60. The van der Waals surface area contributed by atoms with Gasteiger partial charge in [0.15, 0.2) is 0 Å². The molecule has 0 bridgehead atoms. The number of sulfone groups is 1. The lowest BCUT2D eigenvalue weighted by atomic mass is 10.2. The van der Waals surface area contributed by atoms with Crippen LogP contribution in [-0.2, 0) is 24.2 Å². The zero-order chi connectivity index (χ0) is 19.2. The lowest BCUT2D eigenvalue weighted by molar-refractivity contribution is -0.143. The molecular formula is C17H22N2O5S2. The molecule has 0 saturated heterocycles. The van der Waals surface area contributed by atoms with E-state index in [-0.39, 0.29) is 47.8 Å². The number of fused-ring (bicyclic) bond motifs is 1. The first-order valence-corrected chi connectivity index (χ1v) is 10.8. The van der Waals surface area contributed by atoms with E-state index in [4.69, 9.17) is 4.74 Å². The van der Waals surface area contributed by atoms with Crippen molar-refractivity contribution in [3.05, 3.63) is 23.8 Å². The van der Waals surface area contributed by atoms with Crippen LogP contribution in [0, 0.1) is 6.92 Å². The summed E-state index contributed by atoms with van der Waals surface area (Å²) in [7, 11) is -3.52. The van der Waals surface area contributed by atoms with Gasteiger partial charge in [-0.3, -0.25) is 9.59 Å². The second-order valence-electron chi connectivity index (χ2n) is 5.73. The third-order valence-corrected chi connectivity index (χ3v) is 6.92. The van der Waals surface area contributed by atoms with E-state index in [1.807, 2.05) is 25.1 Å². The van der Waals surface area contributed by atoms with Gasteiger partial charge in [-0.1, -0.05) is 12.1 Å². The summed E-state index contributed by atoms with van der Waals surface area (Å²) in [5.41, 5.74) is 1.63. The molecule has 0 fully saturated rings. The van der Waals surface area contributed by atoms with Crippen LogP contribution in [0.25, 0.3) is 10.2 Å². The van der Waals surface area contributed by atoms with Gasteiger partial charge in [-0.05, 0) is 31.9 Å². The van der Waals surface area contributed by atoms with Gasteiger partial charge >= 0.3 is 5.97 Å². The number of para-hydroxylation sites is 1. The highest BCUT2D eigenvalue weighted by molar-refractivity contribution is 7.93. The monoisotopic (exact) mass is 398 g/mol. The molecule has 9 heteroatoms. The van der Waals surface area contributed by atoms with E-state index in [9.17, 15) is 18.0 Å². The van der Waals surface area contributed by atoms with Crippen LogP contribution in [0.5, 0.6) is 0 Å². The highest BCUT2D eigenvalue weighted by atomic mass is 32.2. The molecule has 0 unspecified atom stereocenters. The van der Waals surface area contributed by atoms with Gasteiger partial charge in [0.1, 0.15) is 0 Å². The highest BCUT2D eigenvalue weighted by Gasteiger charge is 2.20. The van der Waals surface area contributed by atoms with E-state index in [1.54, 1.807) is 6.92 Å².